The van der Waals surface area contributed by atoms with Gasteiger partial charge in [0.2, 0.25) is 6.79 Å². The standard InChI is InChI=1S/C26H20N2O2/c1-2-4-17(5-3-1)6-7-18-8-10-23-21(12-18)22-13-20(15-27-26(22)28-23)19-9-11-24-25(14-19)30-16-29-24/h1-5,8-15H,6-7,16H2,(H,27,28). The van der Waals surface area contributed by atoms with Crippen LogP contribution in [0.1, 0.15) is 11.1 Å². The highest BCUT2D eigenvalue weighted by atomic mass is 16.7. The molecule has 0 saturated heterocycles. The van der Waals surface area contributed by atoms with Crippen LogP contribution in [-0.4, -0.2) is 16.8 Å². The van der Waals surface area contributed by atoms with Crippen LogP contribution in [0.25, 0.3) is 33.1 Å². The molecule has 146 valence electrons. The van der Waals surface area contributed by atoms with Crippen molar-refractivity contribution in [1.29, 1.82) is 0 Å². The van der Waals surface area contributed by atoms with Gasteiger partial charge in [-0.15, -0.1) is 0 Å². The van der Waals surface area contributed by atoms with Crippen LogP contribution in [0.15, 0.2) is 79.0 Å². The topological polar surface area (TPSA) is 47.1 Å². The first kappa shape index (κ1) is 17.1. The summed E-state index contributed by atoms with van der Waals surface area (Å²) in [5.41, 5.74) is 6.86. The lowest BCUT2D eigenvalue weighted by molar-refractivity contribution is 0.174. The maximum absolute atomic E-state index is 5.53. The Labute approximate surface area is 174 Å². The van der Waals surface area contributed by atoms with Gasteiger partial charge in [-0.1, -0.05) is 42.5 Å². The summed E-state index contributed by atoms with van der Waals surface area (Å²) in [5.74, 6) is 1.58. The van der Waals surface area contributed by atoms with Crippen LogP contribution in [-0.2, 0) is 12.8 Å². The molecule has 1 aliphatic heterocycles. The molecule has 0 saturated carbocycles. The highest BCUT2D eigenvalue weighted by molar-refractivity contribution is 6.07. The third kappa shape index (κ3) is 2.98. The van der Waals surface area contributed by atoms with Gasteiger partial charge in [-0.3, -0.25) is 0 Å². The maximum atomic E-state index is 5.53. The van der Waals surface area contributed by atoms with Crippen molar-refractivity contribution in [3.8, 4) is 22.6 Å². The largest absolute Gasteiger partial charge is 0.454 e. The Balaban J connectivity index is 1.37. The Kier molecular flexibility index (Phi) is 3.94. The monoisotopic (exact) mass is 392 g/mol. The SMILES string of the molecule is c1ccc(CCc2ccc3[nH]c4ncc(-c5ccc6c(c5)OCO6)cc4c3c2)cc1. The summed E-state index contributed by atoms with van der Waals surface area (Å²) < 4.78 is 11.0. The molecule has 0 aliphatic carbocycles. The van der Waals surface area contributed by atoms with Gasteiger partial charge in [0.05, 0.1) is 0 Å². The molecule has 0 fully saturated rings. The first-order valence-corrected chi connectivity index (χ1v) is 10.2. The van der Waals surface area contributed by atoms with E-state index in [1.54, 1.807) is 0 Å². The van der Waals surface area contributed by atoms with Crippen LogP contribution in [0, 0.1) is 0 Å². The van der Waals surface area contributed by atoms with Gasteiger partial charge in [0.1, 0.15) is 5.65 Å². The Morgan fingerprint density at radius 2 is 1.60 bits per heavy atom. The number of aryl methyl sites for hydroxylation is 2. The van der Waals surface area contributed by atoms with E-state index in [0.29, 0.717) is 0 Å². The zero-order valence-electron chi connectivity index (χ0n) is 16.4. The fourth-order valence-corrected chi connectivity index (χ4v) is 4.14. The van der Waals surface area contributed by atoms with Gasteiger partial charge in [0, 0.05) is 28.0 Å². The molecule has 3 aromatic carbocycles. The molecule has 0 bridgehead atoms. The van der Waals surface area contributed by atoms with Crippen LogP contribution in [0.4, 0.5) is 0 Å². The predicted octanol–water partition coefficient (Wildman–Crippen LogP) is 5.90. The third-order valence-corrected chi connectivity index (χ3v) is 5.77. The molecule has 0 spiro atoms. The average Bonchev–Trinajstić information content (AvgIpc) is 3.41. The molecular weight excluding hydrogens is 372 g/mol. The van der Waals surface area contributed by atoms with E-state index in [0.717, 1.165) is 52.0 Å². The molecule has 1 N–H and O–H groups in total. The summed E-state index contributed by atoms with van der Waals surface area (Å²) in [6.45, 7) is 0.282. The van der Waals surface area contributed by atoms with Gasteiger partial charge in [0.25, 0.3) is 0 Å². The van der Waals surface area contributed by atoms with Crippen LogP contribution in [0.3, 0.4) is 0 Å². The van der Waals surface area contributed by atoms with Gasteiger partial charge in [0.15, 0.2) is 11.5 Å². The van der Waals surface area contributed by atoms with E-state index in [-0.39, 0.29) is 6.79 Å². The Bertz CT molecular complexity index is 1370. The number of rotatable bonds is 4. The number of hydrogen-bond acceptors (Lipinski definition) is 3. The maximum Gasteiger partial charge on any atom is 0.231 e. The normalized spacial score (nSPS) is 12.7. The molecule has 0 atom stereocenters. The number of benzene rings is 3. The molecule has 0 radical (unpaired) electrons. The molecule has 0 unspecified atom stereocenters. The minimum Gasteiger partial charge on any atom is -0.454 e. The summed E-state index contributed by atoms with van der Waals surface area (Å²) in [4.78, 5) is 8.13. The number of nitrogens with one attached hydrogen (secondary N) is 1. The zero-order valence-corrected chi connectivity index (χ0v) is 16.4. The first-order chi connectivity index (χ1) is 14.8. The summed E-state index contributed by atoms with van der Waals surface area (Å²) >= 11 is 0. The van der Waals surface area contributed by atoms with E-state index in [1.165, 1.54) is 16.5 Å². The third-order valence-electron chi connectivity index (χ3n) is 5.77. The minimum atomic E-state index is 0.282. The van der Waals surface area contributed by atoms with E-state index in [9.17, 15) is 0 Å². The van der Waals surface area contributed by atoms with Crippen molar-refractivity contribution in [2.45, 2.75) is 12.8 Å². The lowest BCUT2D eigenvalue weighted by atomic mass is 10.0. The van der Waals surface area contributed by atoms with Crippen molar-refractivity contribution in [2.24, 2.45) is 0 Å². The number of fused-ring (bicyclic) bond motifs is 4. The summed E-state index contributed by atoms with van der Waals surface area (Å²) in [6, 6.07) is 25.5. The van der Waals surface area contributed by atoms with E-state index >= 15 is 0 Å². The van der Waals surface area contributed by atoms with Crippen LogP contribution in [0.5, 0.6) is 11.5 Å². The Morgan fingerprint density at radius 3 is 2.53 bits per heavy atom. The molecule has 5 aromatic rings. The van der Waals surface area contributed by atoms with E-state index in [2.05, 4.69) is 70.6 Å². The van der Waals surface area contributed by atoms with Crippen molar-refractivity contribution in [2.75, 3.05) is 6.79 Å². The van der Waals surface area contributed by atoms with Gasteiger partial charge in [-0.25, -0.2) is 4.98 Å². The number of aromatic amines is 1. The first-order valence-electron chi connectivity index (χ1n) is 10.2. The second kappa shape index (κ2) is 6.92. The second-order valence-electron chi connectivity index (χ2n) is 7.68. The summed E-state index contributed by atoms with van der Waals surface area (Å²) in [7, 11) is 0. The lowest BCUT2D eigenvalue weighted by Gasteiger charge is -2.04. The number of H-pyrrole nitrogens is 1. The molecule has 6 rings (SSSR count). The number of nitrogens with zero attached hydrogens (tertiary/aromatic N) is 1. The molecule has 0 amide bonds. The molecule has 2 aromatic heterocycles. The van der Waals surface area contributed by atoms with Crippen molar-refractivity contribution in [3.63, 3.8) is 0 Å². The zero-order chi connectivity index (χ0) is 19.9. The fraction of sp³-hybridized carbons (Fsp3) is 0.115. The number of ether oxygens (including phenoxy) is 2. The number of aromatic nitrogens is 2. The molecule has 30 heavy (non-hydrogen) atoms. The smallest absolute Gasteiger partial charge is 0.231 e. The van der Waals surface area contributed by atoms with Crippen molar-refractivity contribution in [1.82, 2.24) is 9.97 Å². The molecular formula is C26H20N2O2. The number of pyridine rings is 1. The summed E-state index contributed by atoms with van der Waals surface area (Å²) in [6.07, 6.45) is 3.96. The van der Waals surface area contributed by atoms with Crippen molar-refractivity contribution < 1.29 is 9.47 Å². The highest BCUT2D eigenvalue weighted by Gasteiger charge is 2.15. The van der Waals surface area contributed by atoms with E-state index < -0.39 is 0 Å². The lowest BCUT2D eigenvalue weighted by Crippen LogP contribution is -1.92. The van der Waals surface area contributed by atoms with Crippen molar-refractivity contribution in [3.05, 3.63) is 90.1 Å². The quantitative estimate of drug-likeness (QED) is 0.414. The second-order valence-corrected chi connectivity index (χ2v) is 7.68. The number of hydrogen-bond donors (Lipinski definition) is 1. The van der Waals surface area contributed by atoms with Crippen LogP contribution in [0.2, 0.25) is 0 Å². The Morgan fingerprint density at radius 1 is 0.733 bits per heavy atom. The van der Waals surface area contributed by atoms with Gasteiger partial charge in [-0.05, 0) is 59.9 Å². The molecule has 3 heterocycles. The highest BCUT2D eigenvalue weighted by Crippen LogP contribution is 2.37. The van der Waals surface area contributed by atoms with Gasteiger partial charge >= 0.3 is 0 Å². The molecule has 4 nitrogen and oxygen atoms in total. The average molecular weight is 392 g/mol. The predicted molar refractivity (Wildman–Crippen MR) is 119 cm³/mol. The minimum absolute atomic E-state index is 0.282. The molecule has 1 aliphatic rings. The van der Waals surface area contributed by atoms with Crippen LogP contribution < -0.4 is 9.47 Å². The van der Waals surface area contributed by atoms with Gasteiger partial charge in [-0.2, -0.15) is 0 Å². The van der Waals surface area contributed by atoms with Crippen molar-refractivity contribution >= 4 is 21.9 Å². The Hall–Kier alpha value is -3.79. The van der Waals surface area contributed by atoms with E-state index in [1.807, 2.05) is 18.3 Å². The van der Waals surface area contributed by atoms with Crippen LogP contribution >= 0.6 is 0 Å². The summed E-state index contributed by atoms with van der Waals surface area (Å²) in [5, 5.41) is 2.35. The van der Waals surface area contributed by atoms with Gasteiger partial charge < -0.3 is 14.5 Å². The fourth-order valence-electron chi connectivity index (χ4n) is 4.14. The van der Waals surface area contributed by atoms with E-state index in [4.69, 9.17) is 9.47 Å². The molecule has 4 heteroatoms.